The maximum absolute atomic E-state index is 13.6. The van der Waals surface area contributed by atoms with E-state index >= 15 is 0 Å². The van der Waals surface area contributed by atoms with Gasteiger partial charge in [-0.2, -0.15) is 4.31 Å². The summed E-state index contributed by atoms with van der Waals surface area (Å²) in [6.07, 6.45) is 7.48. The highest BCUT2D eigenvalue weighted by molar-refractivity contribution is 7.89. The highest BCUT2D eigenvalue weighted by Gasteiger charge is 2.24. The first-order chi connectivity index (χ1) is 22.5. The monoisotopic (exact) mass is 640 g/mol. The molecule has 0 N–H and O–H groups in total. The van der Waals surface area contributed by atoms with Crippen LogP contribution in [0.4, 0.5) is 0 Å². The number of amides is 1. The molecule has 3 aromatic carbocycles. The summed E-state index contributed by atoms with van der Waals surface area (Å²) >= 11 is 0. The lowest BCUT2D eigenvalue weighted by Gasteiger charge is -2.25. The van der Waals surface area contributed by atoms with E-state index in [1.165, 1.54) is 10.6 Å². The fourth-order valence-corrected chi connectivity index (χ4v) is 7.03. The Kier molecular flexibility index (Phi) is 9.79. The van der Waals surface area contributed by atoms with Crippen LogP contribution in [0, 0.1) is 0 Å². The van der Waals surface area contributed by atoms with Gasteiger partial charge in [-0.05, 0) is 71.7 Å². The Labute approximate surface area is 268 Å². The summed E-state index contributed by atoms with van der Waals surface area (Å²) in [4.78, 5) is 20.4. The Morgan fingerprint density at radius 1 is 0.848 bits per heavy atom. The van der Waals surface area contributed by atoms with Crippen LogP contribution in [0.1, 0.15) is 24.8 Å². The summed E-state index contributed by atoms with van der Waals surface area (Å²) < 4.78 is 38.4. The van der Waals surface area contributed by atoms with E-state index < -0.39 is 10.0 Å². The van der Waals surface area contributed by atoms with Gasteiger partial charge in [0.25, 0.3) is 0 Å². The number of hydrogen-bond acceptors (Lipinski definition) is 8. The van der Waals surface area contributed by atoms with E-state index in [2.05, 4.69) is 25.1 Å². The van der Waals surface area contributed by atoms with E-state index in [0.717, 1.165) is 29.1 Å². The van der Waals surface area contributed by atoms with Crippen LogP contribution < -0.4 is 4.74 Å². The molecule has 46 heavy (non-hydrogen) atoms. The highest BCUT2D eigenvalue weighted by atomic mass is 32.2. The van der Waals surface area contributed by atoms with Crippen LogP contribution >= 0.6 is 0 Å². The second-order valence-electron chi connectivity index (χ2n) is 11.1. The molecule has 3 heterocycles. The van der Waals surface area contributed by atoms with Crippen molar-refractivity contribution >= 4 is 15.9 Å². The van der Waals surface area contributed by atoms with Gasteiger partial charge in [0.2, 0.25) is 15.9 Å². The molecule has 238 valence electrons. The minimum absolute atomic E-state index is 0.0220. The molecule has 0 spiro atoms. The average molecular weight is 641 g/mol. The van der Waals surface area contributed by atoms with Crippen molar-refractivity contribution in [1.29, 1.82) is 0 Å². The highest BCUT2D eigenvalue weighted by Crippen LogP contribution is 2.24. The molecule has 0 aliphatic carbocycles. The van der Waals surface area contributed by atoms with Crippen LogP contribution in [0.25, 0.3) is 17.1 Å². The summed E-state index contributed by atoms with van der Waals surface area (Å²) in [6, 6.07) is 23.7. The van der Waals surface area contributed by atoms with Gasteiger partial charge in [-0.1, -0.05) is 42.5 Å². The van der Waals surface area contributed by atoms with Gasteiger partial charge in [0.05, 0.1) is 17.0 Å². The number of tetrazole rings is 1. The second-order valence-corrected chi connectivity index (χ2v) is 13.0. The molecule has 13 heteroatoms. The van der Waals surface area contributed by atoms with Gasteiger partial charge >= 0.3 is 0 Å². The van der Waals surface area contributed by atoms with Crippen molar-refractivity contribution in [2.75, 3.05) is 32.8 Å². The van der Waals surface area contributed by atoms with Gasteiger partial charge < -0.3 is 14.2 Å². The number of ether oxygens (including phenoxy) is 1. The van der Waals surface area contributed by atoms with Crippen molar-refractivity contribution in [3.8, 4) is 22.8 Å². The third-order valence-electron chi connectivity index (χ3n) is 7.97. The number of aryl methyl sites for hydroxylation is 1. The predicted octanol–water partition coefficient (Wildman–Crippen LogP) is 3.85. The lowest BCUT2D eigenvalue weighted by atomic mass is 10.1. The number of benzene rings is 3. The third-order valence-corrected chi connectivity index (χ3v) is 9.88. The first-order valence-corrected chi connectivity index (χ1v) is 16.8. The van der Waals surface area contributed by atoms with Gasteiger partial charge in [0, 0.05) is 50.7 Å². The minimum Gasteiger partial charge on any atom is -0.492 e. The van der Waals surface area contributed by atoms with Crippen LogP contribution in [-0.4, -0.2) is 86.1 Å². The van der Waals surface area contributed by atoms with Crippen molar-refractivity contribution in [2.45, 2.75) is 37.1 Å². The zero-order valence-electron chi connectivity index (χ0n) is 25.4. The first kappa shape index (κ1) is 31.1. The topological polar surface area (TPSA) is 128 Å². The van der Waals surface area contributed by atoms with Gasteiger partial charge in [-0.15, -0.1) is 5.10 Å². The van der Waals surface area contributed by atoms with Crippen LogP contribution in [0.15, 0.2) is 102 Å². The van der Waals surface area contributed by atoms with Crippen molar-refractivity contribution in [2.24, 2.45) is 0 Å². The van der Waals surface area contributed by atoms with Gasteiger partial charge in [0.1, 0.15) is 24.5 Å². The second kappa shape index (κ2) is 14.5. The van der Waals surface area contributed by atoms with Crippen LogP contribution in [0.2, 0.25) is 0 Å². The molecule has 0 saturated heterocycles. The smallest absolute Gasteiger partial charge is 0.243 e. The molecular formula is C33H36N8O4S. The zero-order valence-corrected chi connectivity index (χ0v) is 26.2. The molecule has 1 aliphatic heterocycles. The van der Waals surface area contributed by atoms with Gasteiger partial charge in [0.15, 0.2) is 0 Å². The fraction of sp³-hybridized carbons (Fsp3) is 0.303. The Morgan fingerprint density at radius 2 is 1.65 bits per heavy atom. The lowest BCUT2D eigenvalue weighted by molar-refractivity contribution is -0.130. The van der Waals surface area contributed by atoms with Crippen molar-refractivity contribution in [3.05, 3.63) is 103 Å². The first-order valence-electron chi connectivity index (χ1n) is 15.4. The Hall–Kier alpha value is -4.88. The summed E-state index contributed by atoms with van der Waals surface area (Å²) in [5.74, 6) is 1.48. The molecule has 0 radical (unpaired) electrons. The maximum atomic E-state index is 13.6. The number of imidazole rings is 1. The van der Waals surface area contributed by atoms with Crippen LogP contribution in [0.5, 0.6) is 5.75 Å². The normalized spacial score (nSPS) is 15.4. The lowest BCUT2D eigenvalue weighted by Crippen LogP contribution is -2.37. The number of aromatic nitrogens is 6. The Bertz CT molecular complexity index is 1830. The summed E-state index contributed by atoms with van der Waals surface area (Å²) in [6.45, 7) is 2.48. The summed E-state index contributed by atoms with van der Waals surface area (Å²) in [5.41, 5.74) is 2.60. The molecule has 0 atom stereocenters. The Morgan fingerprint density at radius 3 is 2.46 bits per heavy atom. The van der Waals surface area contributed by atoms with E-state index in [-0.39, 0.29) is 30.4 Å². The molecule has 0 fully saturated rings. The fourth-order valence-electron chi connectivity index (χ4n) is 5.55. The number of fused-ring (bicyclic) bond motifs is 4. The number of sulfonamides is 1. The maximum Gasteiger partial charge on any atom is 0.243 e. The molecule has 0 unspecified atom stereocenters. The number of carbonyl (C=O) groups excluding carboxylic acids is 1. The van der Waals surface area contributed by atoms with Gasteiger partial charge in [-0.25, -0.2) is 18.1 Å². The zero-order chi connectivity index (χ0) is 31.8. The molecule has 12 nitrogen and oxygen atoms in total. The summed E-state index contributed by atoms with van der Waals surface area (Å²) in [5, 5.41) is 11.3. The van der Waals surface area contributed by atoms with E-state index in [0.29, 0.717) is 44.8 Å². The summed E-state index contributed by atoms with van der Waals surface area (Å²) in [7, 11) is -3.73. The van der Waals surface area contributed by atoms with Crippen molar-refractivity contribution in [3.63, 3.8) is 0 Å². The van der Waals surface area contributed by atoms with Crippen LogP contribution in [0.3, 0.4) is 0 Å². The molecule has 6 rings (SSSR count). The average Bonchev–Trinajstić information content (AvgIpc) is 3.79. The molecule has 1 amide bonds. The Balaban J connectivity index is 1.21. The number of rotatable bonds is 5. The van der Waals surface area contributed by atoms with Gasteiger partial charge in [-0.3, -0.25) is 4.79 Å². The molecule has 1 aliphatic rings. The van der Waals surface area contributed by atoms with E-state index in [1.54, 1.807) is 41.2 Å². The van der Waals surface area contributed by atoms with Crippen molar-refractivity contribution in [1.82, 2.24) is 39.0 Å². The third kappa shape index (κ3) is 7.49. The molecular weight excluding hydrogens is 604 g/mol. The predicted molar refractivity (Wildman–Crippen MR) is 172 cm³/mol. The quantitative estimate of drug-likeness (QED) is 0.284. The minimum atomic E-state index is -3.73. The number of nitrogens with zero attached hydrogens (tertiary/aromatic N) is 8. The molecule has 0 saturated carbocycles. The van der Waals surface area contributed by atoms with E-state index in [1.807, 2.05) is 59.6 Å². The molecule has 2 aromatic heterocycles. The van der Waals surface area contributed by atoms with Crippen molar-refractivity contribution < 1.29 is 17.9 Å². The largest absolute Gasteiger partial charge is 0.492 e. The number of hydrogen-bond donors (Lipinski definition) is 0. The van der Waals surface area contributed by atoms with E-state index in [4.69, 9.17) is 4.74 Å². The number of carbonyl (C=O) groups is 1. The standard InChI is InChI=1S/C33H36N8O4S/c42-32(24-27-12-14-29(15-13-27)41-26-35-36-37-41)38-17-4-5-20-40(46(43,44)31-10-2-1-3-11-31)22-23-45-30-9-6-8-28(25-30)33-34-16-21-39(33)19-7-18-38/h1-3,6,8-16,21,25-26H,4-5,7,17-20,22-24H2. The van der Waals surface area contributed by atoms with Crippen LogP contribution in [-0.2, 0) is 27.8 Å². The van der Waals surface area contributed by atoms with E-state index in [9.17, 15) is 13.2 Å². The molecule has 2 bridgehead atoms. The SMILES string of the molecule is O=C(Cc1ccc(-n2cnnn2)cc1)N1CCCCN(S(=O)(=O)c2ccccc2)CCOc2cccc(c2)-c2nccn2CCC1. The molecule has 5 aromatic rings.